The van der Waals surface area contributed by atoms with Gasteiger partial charge in [0, 0.05) is 28.0 Å². The third kappa shape index (κ3) is 2.59. The summed E-state index contributed by atoms with van der Waals surface area (Å²) in [5.41, 5.74) is 3.71. The van der Waals surface area contributed by atoms with Gasteiger partial charge in [-0.2, -0.15) is 0 Å². The molecule has 0 saturated heterocycles. The first-order valence-electron chi connectivity index (χ1n) is 8.18. The summed E-state index contributed by atoms with van der Waals surface area (Å²) in [4.78, 5) is 4.82. The van der Waals surface area contributed by atoms with Crippen molar-refractivity contribution in [1.29, 1.82) is 0 Å². The van der Waals surface area contributed by atoms with Crippen LogP contribution in [0.5, 0.6) is 11.5 Å². The molecule has 5 nitrogen and oxygen atoms in total. The van der Waals surface area contributed by atoms with Gasteiger partial charge in [-0.05, 0) is 36.4 Å². The van der Waals surface area contributed by atoms with Crippen LogP contribution < -0.4 is 14.8 Å². The first-order valence-corrected chi connectivity index (χ1v) is 8.97. The Labute approximate surface area is 158 Å². The number of pyridine rings is 1. The number of benzene rings is 2. The molecule has 0 unspecified atom stereocenters. The Morgan fingerprint density at radius 2 is 1.88 bits per heavy atom. The van der Waals surface area contributed by atoms with Crippen LogP contribution in [0.3, 0.4) is 0 Å². The second-order valence-electron chi connectivity index (χ2n) is 5.94. The fourth-order valence-corrected chi connectivity index (χ4v) is 3.46. The number of nitrogens with zero attached hydrogens (tertiary/aromatic N) is 2. The first kappa shape index (κ1) is 15.3. The van der Waals surface area contributed by atoms with Gasteiger partial charge >= 0.3 is 0 Å². The molecule has 1 aliphatic heterocycles. The van der Waals surface area contributed by atoms with E-state index >= 15 is 0 Å². The van der Waals surface area contributed by atoms with Gasteiger partial charge in [-0.25, -0.2) is 4.98 Å². The molecule has 2 aromatic heterocycles. The Hall–Kier alpha value is -2.99. The van der Waals surface area contributed by atoms with Gasteiger partial charge in [-0.3, -0.25) is 4.40 Å². The number of nitrogens with one attached hydrogen (secondary N) is 1. The zero-order valence-corrected chi connectivity index (χ0v) is 15.2. The number of aromatic nitrogens is 2. The lowest BCUT2D eigenvalue weighted by Gasteiger charge is -2.10. The molecule has 4 aromatic rings. The molecule has 0 saturated carbocycles. The van der Waals surface area contributed by atoms with Gasteiger partial charge in [0.15, 0.2) is 11.5 Å². The molecule has 0 aliphatic carbocycles. The van der Waals surface area contributed by atoms with Crippen molar-refractivity contribution in [2.45, 2.75) is 0 Å². The second-order valence-corrected chi connectivity index (χ2v) is 6.86. The summed E-state index contributed by atoms with van der Waals surface area (Å²) in [5, 5.41) is 3.49. The van der Waals surface area contributed by atoms with Crippen molar-refractivity contribution in [2.24, 2.45) is 0 Å². The van der Waals surface area contributed by atoms with E-state index in [0.717, 1.165) is 44.4 Å². The third-order valence-corrected chi connectivity index (χ3v) is 4.76. The fourth-order valence-electron chi connectivity index (χ4n) is 3.06. The third-order valence-electron chi connectivity index (χ3n) is 4.26. The lowest BCUT2D eigenvalue weighted by Crippen LogP contribution is -1.97. The number of fused-ring (bicyclic) bond motifs is 2. The summed E-state index contributed by atoms with van der Waals surface area (Å²) in [6.07, 6.45) is 2.00. The van der Waals surface area contributed by atoms with Gasteiger partial charge in [-0.15, -0.1) is 0 Å². The van der Waals surface area contributed by atoms with Crippen molar-refractivity contribution in [1.82, 2.24) is 9.38 Å². The molecule has 1 aliphatic rings. The van der Waals surface area contributed by atoms with Crippen molar-refractivity contribution in [3.05, 3.63) is 71.3 Å². The molecule has 0 radical (unpaired) electrons. The van der Waals surface area contributed by atoms with Crippen LogP contribution in [-0.4, -0.2) is 16.2 Å². The lowest BCUT2D eigenvalue weighted by atomic mass is 10.1. The highest BCUT2D eigenvalue weighted by atomic mass is 79.9. The minimum atomic E-state index is 0.262. The number of rotatable bonds is 3. The van der Waals surface area contributed by atoms with Crippen LogP contribution in [0.15, 0.2) is 71.3 Å². The van der Waals surface area contributed by atoms with Crippen LogP contribution in [0.4, 0.5) is 11.5 Å². The molecule has 0 amide bonds. The van der Waals surface area contributed by atoms with Crippen LogP contribution in [-0.2, 0) is 0 Å². The molecule has 2 aromatic carbocycles. The van der Waals surface area contributed by atoms with E-state index in [4.69, 9.17) is 14.5 Å². The quantitative estimate of drug-likeness (QED) is 0.504. The van der Waals surface area contributed by atoms with Gasteiger partial charge in [0.2, 0.25) is 6.79 Å². The summed E-state index contributed by atoms with van der Waals surface area (Å²) in [5.74, 6) is 2.41. The summed E-state index contributed by atoms with van der Waals surface area (Å²) >= 11 is 3.54. The largest absolute Gasteiger partial charge is 0.454 e. The summed E-state index contributed by atoms with van der Waals surface area (Å²) in [6.45, 7) is 0.262. The van der Waals surface area contributed by atoms with E-state index in [1.54, 1.807) is 0 Å². The van der Waals surface area contributed by atoms with Gasteiger partial charge in [-0.1, -0.05) is 34.1 Å². The van der Waals surface area contributed by atoms with E-state index < -0.39 is 0 Å². The minimum Gasteiger partial charge on any atom is -0.454 e. The molecule has 0 bridgehead atoms. The van der Waals surface area contributed by atoms with Crippen molar-refractivity contribution < 1.29 is 9.47 Å². The smallest absolute Gasteiger partial charge is 0.231 e. The number of anilines is 2. The molecule has 5 rings (SSSR count). The highest BCUT2D eigenvalue weighted by Gasteiger charge is 2.17. The molecular formula is C20H14BrN3O2. The average molecular weight is 408 g/mol. The van der Waals surface area contributed by atoms with Crippen molar-refractivity contribution >= 4 is 33.1 Å². The van der Waals surface area contributed by atoms with Crippen LogP contribution in [0.25, 0.3) is 16.9 Å². The van der Waals surface area contributed by atoms with E-state index in [0.29, 0.717) is 0 Å². The SMILES string of the molecule is Brc1cccc(-c2nc3ccccn3c2Nc2ccc3c(c2)OCO3)c1. The first-order chi connectivity index (χ1) is 12.8. The van der Waals surface area contributed by atoms with Crippen molar-refractivity contribution in [3.63, 3.8) is 0 Å². The summed E-state index contributed by atoms with van der Waals surface area (Å²) < 4.78 is 13.9. The summed E-state index contributed by atoms with van der Waals surface area (Å²) in [6, 6.07) is 19.9. The molecule has 26 heavy (non-hydrogen) atoms. The number of imidazole rings is 1. The van der Waals surface area contributed by atoms with Crippen molar-refractivity contribution in [3.8, 4) is 22.8 Å². The maximum Gasteiger partial charge on any atom is 0.231 e. The van der Waals surface area contributed by atoms with Gasteiger partial charge in [0.05, 0.1) is 0 Å². The normalized spacial score (nSPS) is 12.5. The Bertz CT molecular complexity index is 1120. The predicted molar refractivity (Wildman–Crippen MR) is 104 cm³/mol. The zero-order valence-electron chi connectivity index (χ0n) is 13.6. The number of hydrogen-bond acceptors (Lipinski definition) is 4. The molecule has 3 heterocycles. The van der Waals surface area contributed by atoms with Crippen LogP contribution in [0.1, 0.15) is 0 Å². The molecule has 0 fully saturated rings. The lowest BCUT2D eigenvalue weighted by molar-refractivity contribution is 0.174. The number of halogens is 1. The number of hydrogen-bond donors (Lipinski definition) is 1. The Balaban J connectivity index is 1.65. The Morgan fingerprint density at radius 1 is 0.962 bits per heavy atom. The standard InChI is InChI=1S/C20H14BrN3O2/c21-14-5-3-4-13(10-14)19-20(24-9-2-1-6-18(24)23-19)22-15-7-8-16-17(11-15)26-12-25-16/h1-11,22H,12H2. The van der Waals surface area contributed by atoms with Gasteiger partial charge in [0.25, 0.3) is 0 Å². The maximum absolute atomic E-state index is 5.49. The minimum absolute atomic E-state index is 0.262. The van der Waals surface area contributed by atoms with Crippen LogP contribution in [0, 0.1) is 0 Å². The number of ether oxygens (including phenoxy) is 2. The van der Waals surface area contributed by atoms with E-state index in [-0.39, 0.29) is 6.79 Å². The molecule has 128 valence electrons. The maximum atomic E-state index is 5.49. The van der Waals surface area contributed by atoms with Crippen LogP contribution in [0.2, 0.25) is 0 Å². The van der Waals surface area contributed by atoms with E-state index in [9.17, 15) is 0 Å². The van der Waals surface area contributed by atoms with E-state index in [1.165, 1.54) is 0 Å². The Morgan fingerprint density at radius 3 is 2.81 bits per heavy atom. The average Bonchev–Trinajstić information content (AvgIpc) is 3.26. The molecule has 0 spiro atoms. The monoisotopic (exact) mass is 407 g/mol. The molecule has 0 atom stereocenters. The zero-order chi connectivity index (χ0) is 17.5. The summed E-state index contributed by atoms with van der Waals surface area (Å²) in [7, 11) is 0. The topological polar surface area (TPSA) is 47.8 Å². The second kappa shape index (κ2) is 6.07. The molecule has 1 N–H and O–H groups in total. The van der Waals surface area contributed by atoms with E-state index in [1.807, 2.05) is 59.1 Å². The van der Waals surface area contributed by atoms with E-state index in [2.05, 4.69) is 33.4 Å². The van der Waals surface area contributed by atoms with Gasteiger partial charge in [0.1, 0.15) is 17.2 Å². The fraction of sp³-hybridized carbons (Fsp3) is 0.0500. The highest BCUT2D eigenvalue weighted by molar-refractivity contribution is 9.10. The predicted octanol–water partition coefficient (Wildman–Crippen LogP) is 5.24. The van der Waals surface area contributed by atoms with Gasteiger partial charge < -0.3 is 14.8 Å². The van der Waals surface area contributed by atoms with Crippen molar-refractivity contribution in [2.75, 3.05) is 12.1 Å². The van der Waals surface area contributed by atoms with Crippen LogP contribution >= 0.6 is 15.9 Å². The molecule has 6 heteroatoms. The highest BCUT2D eigenvalue weighted by Crippen LogP contribution is 2.37. The molecular weight excluding hydrogens is 394 g/mol. The Kier molecular flexibility index (Phi) is 3.57.